The molecule has 1 saturated heterocycles. The van der Waals surface area contributed by atoms with Gasteiger partial charge in [-0.05, 0) is 68.1 Å². The fourth-order valence-corrected chi connectivity index (χ4v) is 4.53. The third-order valence-corrected chi connectivity index (χ3v) is 6.24. The lowest BCUT2D eigenvalue weighted by molar-refractivity contribution is 0.0766. The molecule has 1 aliphatic rings. The summed E-state index contributed by atoms with van der Waals surface area (Å²) in [4.78, 5) is 35.3. The Labute approximate surface area is 191 Å². The Balaban J connectivity index is 1.51. The normalized spacial score (nSPS) is 14.1. The zero-order chi connectivity index (χ0) is 22.5. The molecule has 166 valence electrons. The van der Waals surface area contributed by atoms with E-state index in [9.17, 15) is 9.59 Å². The van der Waals surface area contributed by atoms with Gasteiger partial charge in [0.05, 0.1) is 5.69 Å². The van der Waals surface area contributed by atoms with Crippen molar-refractivity contribution in [2.24, 2.45) is 0 Å². The van der Waals surface area contributed by atoms with Crippen molar-refractivity contribution in [1.29, 1.82) is 0 Å². The average molecular weight is 450 g/mol. The van der Waals surface area contributed by atoms with E-state index in [0.29, 0.717) is 23.8 Å². The molecule has 0 spiro atoms. The highest BCUT2D eigenvalue weighted by Crippen LogP contribution is 2.26. The van der Waals surface area contributed by atoms with Crippen LogP contribution < -0.4 is 15.6 Å². The molecule has 32 heavy (non-hydrogen) atoms. The lowest BCUT2D eigenvalue weighted by Crippen LogP contribution is -2.34. The predicted molar refractivity (Wildman–Crippen MR) is 129 cm³/mol. The topological polar surface area (TPSA) is 90.1 Å². The van der Waals surface area contributed by atoms with Gasteiger partial charge < -0.3 is 10.2 Å². The molecule has 0 unspecified atom stereocenters. The van der Waals surface area contributed by atoms with Crippen LogP contribution in [0.2, 0.25) is 0 Å². The number of hydrogen-bond acceptors (Lipinski definition) is 6. The molecule has 1 amide bonds. The van der Waals surface area contributed by atoms with Crippen molar-refractivity contribution in [3.8, 4) is 11.3 Å². The standard InChI is InChI=1S/C24H27N5O2S/c1-16-6-3-7-17(2)22(16)20-15-21(30)27-24(26-20)28-32-19-9-4-8-18(14-19)23(31)29-12-5-10-25-11-13-29/h3-4,6-9,14-15,25H,5,10-13H2,1-2H3,(H2,26,27,28,30). The Morgan fingerprint density at radius 1 is 1.06 bits per heavy atom. The molecule has 1 aliphatic heterocycles. The van der Waals surface area contributed by atoms with Gasteiger partial charge >= 0.3 is 0 Å². The molecule has 2 aromatic carbocycles. The van der Waals surface area contributed by atoms with E-state index in [1.54, 1.807) is 0 Å². The number of aryl methyl sites for hydroxylation is 2. The SMILES string of the molecule is Cc1cccc(C)c1-c1cc(=O)[nH]c(NSc2cccc(C(=O)N3CCCNCC3)c2)n1. The summed E-state index contributed by atoms with van der Waals surface area (Å²) in [7, 11) is 0. The fourth-order valence-electron chi connectivity index (χ4n) is 3.88. The highest BCUT2D eigenvalue weighted by molar-refractivity contribution is 8.00. The molecule has 3 N–H and O–H groups in total. The van der Waals surface area contributed by atoms with E-state index >= 15 is 0 Å². The van der Waals surface area contributed by atoms with E-state index in [0.717, 1.165) is 47.6 Å². The van der Waals surface area contributed by atoms with Gasteiger partial charge in [0.25, 0.3) is 11.5 Å². The van der Waals surface area contributed by atoms with Gasteiger partial charge in [-0.3, -0.25) is 19.3 Å². The quantitative estimate of drug-likeness (QED) is 0.516. The molecule has 8 heteroatoms. The second-order valence-electron chi connectivity index (χ2n) is 7.87. The van der Waals surface area contributed by atoms with Crippen molar-refractivity contribution in [3.05, 3.63) is 75.6 Å². The molecule has 0 radical (unpaired) electrons. The summed E-state index contributed by atoms with van der Waals surface area (Å²) >= 11 is 1.31. The van der Waals surface area contributed by atoms with Crippen molar-refractivity contribution in [2.45, 2.75) is 25.2 Å². The Kier molecular flexibility index (Phi) is 6.92. The molecule has 2 heterocycles. The van der Waals surface area contributed by atoms with Crippen LogP contribution in [0.1, 0.15) is 27.9 Å². The number of aromatic amines is 1. The largest absolute Gasteiger partial charge is 0.337 e. The van der Waals surface area contributed by atoms with Crippen LogP contribution in [0.5, 0.6) is 0 Å². The van der Waals surface area contributed by atoms with Crippen molar-refractivity contribution in [1.82, 2.24) is 20.2 Å². The lowest BCUT2D eigenvalue weighted by atomic mass is 10.00. The third-order valence-electron chi connectivity index (χ3n) is 5.45. The first-order valence-corrected chi connectivity index (χ1v) is 11.5. The number of amides is 1. The lowest BCUT2D eigenvalue weighted by Gasteiger charge is -2.20. The van der Waals surface area contributed by atoms with E-state index in [2.05, 4.69) is 20.0 Å². The first-order valence-electron chi connectivity index (χ1n) is 10.7. The van der Waals surface area contributed by atoms with Crippen LogP contribution in [0.25, 0.3) is 11.3 Å². The molecule has 0 bridgehead atoms. The van der Waals surface area contributed by atoms with E-state index in [4.69, 9.17) is 0 Å². The Morgan fingerprint density at radius 3 is 2.66 bits per heavy atom. The van der Waals surface area contributed by atoms with Crippen molar-refractivity contribution >= 4 is 23.8 Å². The predicted octanol–water partition coefficient (Wildman–Crippen LogP) is 3.61. The number of H-pyrrole nitrogens is 1. The van der Waals surface area contributed by atoms with Gasteiger partial charge in [-0.25, -0.2) is 4.98 Å². The summed E-state index contributed by atoms with van der Waals surface area (Å²) in [6.45, 7) is 7.25. The third kappa shape index (κ3) is 5.20. The highest BCUT2D eigenvalue weighted by Gasteiger charge is 2.17. The maximum atomic E-state index is 12.9. The average Bonchev–Trinajstić information content (AvgIpc) is 3.07. The minimum absolute atomic E-state index is 0.0414. The van der Waals surface area contributed by atoms with Gasteiger partial charge in [-0.1, -0.05) is 24.3 Å². The second kappa shape index (κ2) is 10.0. The maximum absolute atomic E-state index is 12.9. The van der Waals surface area contributed by atoms with Crippen LogP contribution in [-0.2, 0) is 0 Å². The minimum Gasteiger partial charge on any atom is -0.337 e. The van der Waals surface area contributed by atoms with Gasteiger partial charge in [0.2, 0.25) is 5.95 Å². The summed E-state index contributed by atoms with van der Waals surface area (Å²) in [6, 6.07) is 15.0. The van der Waals surface area contributed by atoms with Crippen molar-refractivity contribution in [3.63, 3.8) is 0 Å². The van der Waals surface area contributed by atoms with E-state index in [1.807, 2.05) is 61.2 Å². The number of aromatic nitrogens is 2. The summed E-state index contributed by atoms with van der Waals surface area (Å²) in [5.74, 6) is 0.412. The van der Waals surface area contributed by atoms with Crippen LogP contribution in [-0.4, -0.2) is 47.0 Å². The van der Waals surface area contributed by atoms with Crippen LogP contribution >= 0.6 is 11.9 Å². The first kappa shape index (κ1) is 22.1. The smallest absolute Gasteiger partial charge is 0.253 e. The van der Waals surface area contributed by atoms with Gasteiger partial charge in [0, 0.05) is 41.7 Å². The number of carbonyl (C=O) groups excluding carboxylic acids is 1. The molecular weight excluding hydrogens is 422 g/mol. The Hall–Kier alpha value is -3.10. The molecule has 1 fully saturated rings. The second-order valence-corrected chi connectivity index (χ2v) is 8.75. The molecule has 1 aromatic heterocycles. The molecule has 0 saturated carbocycles. The number of rotatable bonds is 5. The van der Waals surface area contributed by atoms with E-state index in [1.165, 1.54) is 18.0 Å². The summed E-state index contributed by atoms with van der Waals surface area (Å²) in [6.07, 6.45) is 0.956. The molecule has 3 aromatic rings. The molecule has 0 aliphatic carbocycles. The number of nitrogens with zero attached hydrogens (tertiary/aromatic N) is 2. The number of carbonyl (C=O) groups is 1. The first-order chi connectivity index (χ1) is 15.5. The summed E-state index contributed by atoms with van der Waals surface area (Å²) < 4.78 is 3.12. The van der Waals surface area contributed by atoms with Crippen LogP contribution in [0, 0.1) is 13.8 Å². The van der Waals surface area contributed by atoms with Crippen LogP contribution in [0.3, 0.4) is 0 Å². The maximum Gasteiger partial charge on any atom is 0.253 e. The van der Waals surface area contributed by atoms with E-state index in [-0.39, 0.29) is 11.5 Å². The number of benzene rings is 2. The van der Waals surface area contributed by atoms with Gasteiger partial charge in [0.1, 0.15) is 0 Å². The number of nitrogens with one attached hydrogen (secondary N) is 3. The Bertz CT molecular complexity index is 1150. The number of hydrogen-bond donors (Lipinski definition) is 3. The molecule has 7 nitrogen and oxygen atoms in total. The van der Waals surface area contributed by atoms with Gasteiger partial charge in [-0.15, -0.1) is 0 Å². The molecular formula is C24H27N5O2S. The van der Waals surface area contributed by atoms with Crippen LogP contribution in [0.4, 0.5) is 5.95 Å². The number of anilines is 1. The van der Waals surface area contributed by atoms with Gasteiger partial charge in [0.15, 0.2) is 0 Å². The Morgan fingerprint density at radius 2 is 1.84 bits per heavy atom. The molecule has 0 atom stereocenters. The summed E-state index contributed by atoms with van der Waals surface area (Å²) in [5.41, 5.74) is 4.16. The zero-order valence-electron chi connectivity index (χ0n) is 18.3. The fraction of sp³-hybridized carbons (Fsp3) is 0.292. The van der Waals surface area contributed by atoms with E-state index < -0.39 is 0 Å². The highest BCUT2D eigenvalue weighted by atomic mass is 32.2. The molecule has 4 rings (SSSR count). The van der Waals surface area contributed by atoms with Crippen molar-refractivity contribution in [2.75, 3.05) is 30.9 Å². The zero-order valence-corrected chi connectivity index (χ0v) is 19.1. The van der Waals surface area contributed by atoms with Gasteiger partial charge in [-0.2, -0.15) is 0 Å². The summed E-state index contributed by atoms with van der Waals surface area (Å²) in [5, 5.41) is 3.32. The minimum atomic E-state index is -0.223. The monoisotopic (exact) mass is 449 g/mol. The van der Waals surface area contributed by atoms with Crippen LogP contribution in [0.15, 0.2) is 58.2 Å². The van der Waals surface area contributed by atoms with Crippen molar-refractivity contribution < 1.29 is 4.79 Å².